The molecule has 0 fully saturated rings. The van der Waals surface area contributed by atoms with E-state index >= 15 is 0 Å². The van der Waals surface area contributed by atoms with Gasteiger partial charge in [0.25, 0.3) is 0 Å². The lowest BCUT2D eigenvalue weighted by molar-refractivity contribution is 0.0988. The molecule has 0 saturated carbocycles. The third-order valence-electron chi connectivity index (χ3n) is 3.99. The zero-order valence-electron chi connectivity index (χ0n) is 15.5. The van der Waals surface area contributed by atoms with Gasteiger partial charge < -0.3 is 9.47 Å². The Hall–Kier alpha value is -2.51. The molecule has 3 aromatic rings. The Kier molecular flexibility index (Phi) is 6.95. The lowest BCUT2D eigenvalue weighted by atomic mass is 10.1. The number of carbonyl (C=O) groups excluding carboxylic acids is 1. The van der Waals surface area contributed by atoms with E-state index in [1.54, 1.807) is 55.6 Å². The molecule has 1 N–H and O–H groups in total. The molecule has 146 valence electrons. The number of ketones is 1. The fourth-order valence-electron chi connectivity index (χ4n) is 2.47. The van der Waals surface area contributed by atoms with Crippen molar-refractivity contribution in [3.63, 3.8) is 0 Å². The molecule has 0 spiro atoms. The Morgan fingerprint density at radius 3 is 2.46 bits per heavy atom. The zero-order chi connectivity index (χ0) is 19.9. The van der Waals surface area contributed by atoms with E-state index in [-0.39, 0.29) is 17.6 Å². The van der Waals surface area contributed by atoms with Crippen molar-refractivity contribution in [1.29, 1.82) is 0 Å². The second kappa shape index (κ2) is 9.61. The van der Waals surface area contributed by atoms with Gasteiger partial charge in [-0.3, -0.25) is 9.89 Å². The van der Waals surface area contributed by atoms with Gasteiger partial charge in [-0.05, 0) is 55.0 Å². The quantitative estimate of drug-likeness (QED) is 0.398. The van der Waals surface area contributed by atoms with Crippen molar-refractivity contribution in [2.45, 2.75) is 30.4 Å². The van der Waals surface area contributed by atoms with Crippen LogP contribution in [0.15, 0.2) is 53.7 Å². The van der Waals surface area contributed by atoms with Crippen molar-refractivity contribution in [1.82, 2.24) is 15.2 Å². The van der Waals surface area contributed by atoms with Crippen LogP contribution in [0, 0.1) is 0 Å². The molecule has 0 bridgehead atoms. The predicted octanol–water partition coefficient (Wildman–Crippen LogP) is 4.80. The van der Waals surface area contributed by atoms with E-state index < -0.39 is 0 Å². The molecule has 0 radical (unpaired) electrons. The van der Waals surface area contributed by atoms with E-state index in [9.17, 15) is 4.79 Å². The summed E-state index contributed by atoms with van der Waals surface area (Å²) in [5.74, 6) is 2.04. The number of hydrogen-bond donors (Lipinski definition) is 1. The summed E-state index contributed by atoms with van der Waals surface area (Å²) < 4.78 is 10.8. The third kappa shape index (κ3) is 5.27. The van der Waals surface area contributed by atoms with Crippen LogP contribution in [0.3, 0.4) is 0 Å². The van der Waals surface area contributed by atoms with Crippen molar-refractivity contribution < 1.29 is 14.3 Å². The van der Waals surface area contributed by atoms with Crippen LogP contribution in [0.1, 0.15) is 29.5 Å². The summed E-state index contributed by atoms with van der Waals surface area (Å²) >= 11 is 7.20. The number of nitrogens with zero attached hydrogens (tertiary/aromatic N) is 2. The maximum absolute atomic E-state index is 12.8. The van der Waals surface area contributed by atoms with E-state index in [4.69, 9.17) is 21.1 Å². The van der Waals surface area contributed by atoms with Gasteiger partial charge in [-0.1, -0.05) is 30.3 Å². The number of ether oxygens (including phenoxy) is 2. The number of H-pyrrole nitrogens is 1. The lowest BCUT2D eigenvalue weighted by Crippen LogP contribution is -2.16. The molecule has 0 aliphatic carbocycles. The van der Waals surface area contributed by atoms with E-state index in [1.165, 1.54) is 11.8 Å². The number of nitrogens with one attached hydrogen (secondary N) is 1. The topological polar surface area (TPSA) is 77.1 Å². The molecular weight excluding hydrogens is 398 g/mol. The minimum atomic E-state index is -0.269. The minimum Gasteiger partial charge on any atom is -0.497 e. The summed E-state index contributed by atoms with van der Waals surface area (Å²) in [4.78, 5) is 17.2. The fraction of sp³-hybridized carbons (Fsp3) is 0.250. The van der Waals surface area contributed by atoms with Gasteiger partial charge in [0, 0.05) is 10.6 Å². The first kappa shape index (κ1) is 20.2. The molecule has 1 heterocycles. The van der Waals surface area contributed by atoms with Crippen molar-refractivity contribution in [3.8, 4) is 11.5 Å². The lowest BCUT2D eigenvalue weighted by Gasteiger charge is -2.11. The zero-order valence-corrected chi connectivity index (χ0v) is 17.1. The molecule has 0 aliphatic rings. The number of hydrogen-bond acceptors (Lipinski definition) is 6. The van der Waals surface area contributed by atoms with Gasteiger partial charge in [0.05, 0.1) is 12.4 Å². The molecule has 28 heavy (non-hydrogen) atoms. The van der Waals surface area contributed by atoms with Crippen LogP contribution in [0.2, 0.25) is 5.02 Å². The largest absolute Gasteiger partial charge is 0.497 e. The average Bonchev–Trinajstić information content (AvgIpc) is 3.18. The minimum absolute atomic E-state index is 0.0407. The number of rotatable bonds is 9. The second-order valence-corrected chi connectivity index (χ2v) is 7.52. The molecule has 2 aromatic carbocycles. The Labute approximate surface area is 172 Å². The monoisotopic (exact) mass is 417 g/mol. The number of methoxy groups -OCH3 is 1. The van der Waals surface area contributed by atoms with Crippen LogP contribution in [-0.2, 0) is 6.61 Å². The van der Waals surface area contributed by atoms with Crippen molar-refractivity contribution in [2.24, 2.45) is 0 Å². The SMILES string of the molecule is CCC(Sc1n[nH]c(COc2ccc(Cl)cc2)n1)C(=O)c1ccc(OC)cc1. The maximum Gasteiger partial charge on any atom is 0.209 e. The van der Waals surface area contributed by atoms with Crippen molar-refractivity contribution >= 4 is 29.1 Å². The summed E-state index contributed by atoms with van der Waals surface area (Å²) in [6.45, 7) is 2.22. The van der Waals surface area contributed by atoms with E-state index in [0.717, 1.165) is 5.75 Å². The van der Waals surface area contributed by atoms with Crippen LogP contribution in [0.5, 0.6) is 11.5 Å². The Balaban J connectivity index is 1.60. The highest BCUT2D eigenvalue weighted by Gasteiger charge is 2.21. The maximum atomic E-state index is 12.8. The number of benzene rings is 2. The number of carbonyl (C=O) groups is 1. The average molecular weight is 418 g/mol. The standard InChI is InChI=1S/C20H20ClN3O3S/c1-3-17(19(25)13-4-8-15(26-2)9-5-13)28-20-22-18(23-24-20)12-27-16-10-6-14(21)7-11-16/h4-11,17H,3,12H2,1-2H3,(H,22,23,24). The van der Waals surface area contributed by atoms with Gasteiger partial charge in [-0.2, -0.15) is 0 Å². The first-order chi connectivity index (χ1) is 13.6. The van der Waals surface area contributed by atoms with E-state index in [2.05, 4.69) is 15.2 Å². The van der Waals surface area contributed by atoms with Gasteiger partial charge in [0.1, 0.15) is 18.1 Å². The number of aromatic amines is 1. The Morgan fingerprint density at radius 1 is 1.14 bits per heavy atom. The highest BCUT2D eigenvalue weighted by atomic mass is 35.5. The van der Waals surface area contributed by atoms with E-state index in [1.807, 2.05) is 6.92 Å². The van der Waals surface area contributed by atoms with Gasteiger partial charge >= 0.3 is 0 Å². The molecule has 1 aromatic heterocycles. The number of Topliss-reactive ketones (excluding diaryl/α,β-unsaturated/α-hetero) is 1. The molecular formula is C20H20ClN3O3S. The van der Waals surface area contributed by atoms with Crippen molar-refractivity contribution in [2.75, 3.05) is 7.11 Å². The van der Waals surface area contributed by atoms with E-state index in [0.29, 0.717) is 33.7 Å². The summed E-state index contributed by atoms with van der Waals surface area (Å²) in [5.41, 5.74) is 0.641. The van der Waals surface area contributed by atoms with Crippen LogP contribution in [0.25, 0.3) is 0 Å². The number of thioether (sulfide) groups is 1. The summed E-state index contributed by atoms with van der Waals surface area (Å²) in [7, 11) is 1.60. The summed E-state index contributed by atoms with van der Waals surface area (Å²) in [6, 6.07) is 14.2. The number of aromatic nitrogens is 3. The summed E-state index contributed by atoms with van der Waals surface area (Å²) in [6.07, 6.45) is 0.667. The van der Waals surface area contributed by atoms with Gasteiger partial charge in [-0.15, -0.1) is 5.10 Å². The van der Waals surface area contributed by atoms with Gasteiger partial charge in [0.15, 0.2) is 11.6 Å². The number of halogens is 1. The molecule has 0 amide bonds. The molecule has 1 unspecified atom stereocenters. The molecule has 3 rings (SSSR count). The Morgan fingerprint density at radius 2 is 1.82 bits per heavy atom. The normalized spacial score (nSPS) is 11.8. The van der Waals surface area contributed by atoms with Gasteiger partial charge in [0.2, 0.25) is 5.16 Å². The van der Waals surface area contributed by atoms with Crippen LogP contribution >= 0.6 is 23.4 Å². The summed E-state index contributed by atoms with van der Waals surface area (Å²) in [5, 5.41) is 7.94. The molecule has 1 atom stereocenters. The second-order valence-electron chi connectivity index (χ2n) is 5.91. The molecule has 0 saturated heterocycles. The smallest absolute Gasteiger partial charge is 0.209 e. The first-order valence-corrected chi connectivity index (χ1v) is 9.99. The van der Waals surface area contributed by atoms with Gasteiger partial charge in [-0.25, -0.2) is 4.98 Å². The van der Waals surface area contributed by atoms with Crippen LogP contribution in [0.4, 0.5) is 0 Å². The molecule has 0 aliphatic heterocycles. The highest BCUT2D eigenvalue weighted by molar-refractivity contribution is 8.00. The first-order valence-electron chi connectivity index (χ1n) is 8.73. The van der Waals surface area contributed by atoms with Crippen LogP contribution in [-0.4, -0.2) is 33.3 Å². The van der Waals surface area contributed by atoms with Crippen molar-refractivity contribution in [3.05, 3.63) is 64.9 Å². The fourth-order valence-corrected chi connectivity index (χ4v) is 3.52. The third-order valence-corrected chi connectivity index (χ3v) is 5.46. The molecule has 8 heteroatoms. The molecule has 6 nitrogen and oxygen atoms in total. The predicted molar refractivity (Wildman–Crippen MR) is 109 cm³/mol. The Bertz CT molecular complexity index is 913. The highest BCUT2D eigenvalue weighted by Crippen LogP contribution is 2.26. The van der Waals surface area contributed by atoms with Crippen LogP contribution < -0.4 is 9.47 Å².